The minimum absolute atomic E-state index is 0.156. The van der Waals surface area contributed by atoms with Crippen LogP contribution in [-0.4, -0.2) is 16.7 Å². The van der Waals surface area contributed by atoms with Crippen LogP contribution in [0.5, 0.6) is 0 Å². The molecule has 1 aromatic rings. The van der Waals surface area contributed by atoms with E-state index in [4.69, 9.17) is 27.9 Å². The molecule has 23 heavy (non-hydrogen) atoms. The van der Waals surface area contributed by atoms with E-state index in [-0.39, 0.29) is 12.6 Å². The van der Waals surface area contributed by atoms with Crippen molar-refractivity contribution in [3.8, 4) is 0 Å². The topological polar surface area (TPSA) is 46.5 Å². The van der Waals surface area contributed by atoms with Crippen molar-refractivity contribution in [3.05, 3.63) is 33.8 Å². The minimum atomic E-state index is -0.646. The van der Waals surface area contributed by atoms with E-state index >= 15 is 0 Å². The van der Waals surface area contributed by atoms with Gasteiger partial charge in [-0.1, -0.05) is 29.3 Å². The van der Waals surface area contributed by atoms with E-state index in [1.54, 1.807) is 12.1 Å². The van der Waals surface area contributed by atoms with E-state index < -0.39 is 11.0 Å². The maximum Gasteiger partial charge on any atom is 0.312 e. The monoisotopic (exact) mass is 354 g/mol. The average molecular weight is 355 g/mol. The molecule has 4 bridgehead atoms. The van der Waals surface area contributed by atoms with E-state index in [9.17, 15) is 9.90 Å². The summed E-state index contributed by atoms with van der Waals surface area (Å²) in [5, 5.41) is 11.7. The molecular formula is C18H20Cl2O3. The zero-order valence-corrected chi connectivity index (χ0v) is 14.4. The molecule has 5 rings (SSSR count). The van der Waals surface area contributed by atoms with Gasteiger partial charge in [-0.3, -0.25) is 4.79 Å². The lowest BCUT2D eigenvalue weighted by atomic mass is 9.48. The Morgan fingerprint density at radius 2 is 1.87 bits per heavy atom. The van der Waals surface area contributed by atoms with Gasteiger partial charge >= 0.3 is 5.97 Å². The summed E-state index contributed by atoms with van der Waals surface area (Å²) in [6.07, 6.45) is 5.16. The molecule has 4 aliphatic carbocycles. The van der Waals surface area contributed by atoms with Crippen LogP contribution in [0.4, 0.5) is 0 Å². The fraction of sp³-hybridized carbons (Fsp3) is 0.611. The molecule has 2 atom stereocenters. The summed E-state index contributed by atoms with van der Waals surface area (Å²) < 4.78 is 5.60. The number of aliphatic hydroxyl groups is 1. The highest BCUT2D eigenvalue weighted by atomic mass is 35.5. The number of ether oxygens (including phenoxy) is 1. The van der Waals surface area contributed by atoms with Crippen LogP contribution in [0.2, 0.25) is 10.0 Å². The summed E-state index contributed by atoms with van der Waals surface area (Å²) >= 11 is 11.9. The smallest absolute Gasteiger partial charge is 0.312 e. The van der Waals surface area contributed by atoms with Gasteiger partial charge in [0, 0.05) is 0 Å². The lowest BCUT2D eigenvalue weighted by Gasteiger charge is -2.58. The van der Waals surface area contributed by atoms with E-state index in [2.05, 4.69) is 0 Å². The minimum Gasteiger partial charge on any atom is -0.460 e. The van der Waals surface area contributed by atoms with Crippen molar-refractivity contribution in [2.24, 2.45) is 17.3 Å². The molecule has 1 aromatic carbocycles. The molecule has 0 spiro atoms. The first-order valence-corrected chi connectivity index (χ1v) is 8.97. The Bertz CT molecular complexity index is 644. The van der Waals surface area contributed by atoms with Crippen LogP contribution in [0.15, 0.2) is 18.2 Å². The Hall–Kier alpha value is -0.770. The zero-order valence-electron chi connectivity index (χ0n) is 12.9. The summed E-state index contributed by atoms with van der Waals surface area (Å²) in [5.41, 5.74) is -0.293. The first-order valence-electron chi connectivity index (χ1n) is 8.21. The highest BCUT2D eigenvalue weighted by Gasteiger charge is 2.60. The second kappa shape index (κ2) is 5.37. The predicted molar refractivity (Wildman–Crippen MR) is 88.3 cm³/mol. The van der Waals surface area contributed by atoms with Crippen molar-refractivity contribution < 1.29 is 14.6 Å². The third kappa shape index (κ3) is 2.77. The highest BCUT2D eigenvalue weighted by molar-refractivity contribution is 6.42. The molecule has 2 unspecified atom stereocenters. The summed E-state index contributed by atoms with van der Waals surface area (Å²) in [5.74, 6) is 0.786. The Labute approximate surface area is 145 Å². The van der Waals surface area contributed by atoms with E-state index in [1.807, 2.05) is 6.07 Å². The molecule has 4 aliphatic rings. The van der Waals surface area contributed by atoms with Crippen LogP contribution >= 0.6 is 23.2 Å². The average Bonchev–Trinajstić information content (AvgIpc) is 2.45. The van der Waals surface area contributed by atoms with Gasteiger partial charge in [-0.05, 0) is 68.1 Å². The summed E-state index contributed by atoms with van der Waals surface area (Å²) in [6, 6.07) is 5.25. The molecule has 0 amide bonds. The van der Waals surface area contributed by atoms with Gasteiger partial charge in [-0.2, -0.15) is 0 Å². The second-order valence-electron chi connectivity index (χ2n) is 7.79. The summed E-state index contributed by atoms with van der Waals surface area (Å²) in [4.78, 5) is 12.8. The Morgan fingerprint density at radius 3 is 2.48 bits per heavy atom. The molecule has 0 saturated heterocycles. The molecule has 0 radical (unpaired) electrons. The maximum atomic E-state index is 12.8. The second-order valence-corrected chi connectivity index (χ2v) is 8.60. The largest absolute Gasteiger partial charge is 0.460 e. The number of hydrogen-bond acceptors (Lipinski definition) is 3. The molecular weight excluding hydrogens is 335 g/mol. The third-order valence-corrected chi connectivity index (χ3v) is 6.56. The Kier molecular flexibility index (Phi) is 3.67. The number of carbonyl (C=O) groups excluding carboxylic acids is 1. The predicted octanol–water partition coefficient (Wildman–Crippen LogP) is 4.37. The van der Waals surface area contributed by atoms with Gasteiger partial charge in [0.2, 0.25) is 0 Å². The van der Waals surface area contributed by atoms with Gasteiger partial charge in [-0.15, -0.1) is 0 Å². The van der Waals surface area contributed by atoms with E-state index in [0.29, 0.717) is 28.3 Å². The Morgan fingerprint density at radius 1 is 1.17 bits per heavy atom. The quantitative estimate of drug-likeness (QED) is 0.819. The molecule has 0 heterocycles. The first kappa shape index (κ1) is 15.7. The van der Waals surface area contributed by atoms with Gasteiger partial charge in [0.15, 0.2) is 0 Å². The standard InChI is InChI=1S/C18H20Cl2O3/c19-14-2-1-11(4-15(14)20)9-23-16(21)17-5-12-3-13(6-17)8-18(22,7-12)10-17/h1-2,4,12-13,22H,3,5-10H2. The van der Waals surface area contributed by atoms with Crippen LogP contribution in [0.25, 0.3) is 0 Å². The number of hydrogen-bond donors (Lipinski definition) is 1. The van der Waals surface area contributed by atoms with Gasteiger partial charge in [0.1, 0.15) is 6.61 Å². The number of halogens is 2. The fourth-order valence-electron chi connectivity index (χ4n) is 5.38. The lowest BCUT2D eigenvalue weighted by Crippen LogP contribution is -2.58. The number of benzene rings is 1. The van der Waals surface area contributed by atoms with E-state index in [0.717, 1.165) is 37.7 Å². The van der Waals surface area contributed by atoms with Crippen molar-refractivity contribution in [2.45, 2.75) is 50.7 Å². The number of esters is 1. The fourth-order valence-corrected chi connectivity index (χ4v) is 5.71. The third-order valence-electron chi connectivity index (χ3n) is 5.82. The van der Waals surface area contributed by atoms with Crippen molar-refractivity contribution in [1.82, 2.24) is 0 Å². The SMILES string of the molecule is O=C(OCc1ccc(Cl)c(Cl)c1)C12CC3CC(CC(O)(C3)C1)C2. The van der Waals surface area contributed by atoms with Gasteiger partial charge in [0.05, 0.1) is 21.1 Å². The maximum absolute atomic E-state index is 12.8. The first-order chi connectivity index (χ1) is 10.9. The van der Waals surface area contributed by atoms with E-state index in [1.165, 1.54) is 0 Å². The summed E-state index contributed by atoms with van der Waals surface area (Å²) in [6.45, 7) is 0.200. The van der Waals surface area contributed by atoms with Crippen LogP contribution in [0.3, 0.4) is 0 Å². The van der Waals surface area contributed by atoms with Crippen molar-refractivity contribution in [1.29, 1.82) is 0 Å². The van der Waals surface area contributed by atoms with Gasteiger partial charge in [0.25, 0.3) is 0 Å². The highest BCUT2D eigenvalue weighted by Crippen LogP contribution is 2.62. The van der Waals surface area contributed by atoms with Crippen LogP contribution in [-0.2, 0) is 16.1 Å². The normalized spacial score (nSPS) is 37.9. The summed E-state index contributed by atoms with van der Waals surface area (Å²) in [7, 11) is 0. The number of carbonyl (C=O) groups is 1. The molecule has 1 N–H and O–H groups in total. The lowest BCUT2D eigenvalue weighted by molar-refractivity contribution is -0.197. The molecule has 0 aliphatic heterocycles. The zero-order chi connectivity index (χ0) is 16.2. The van der Waals surface area contributed by atoms with Crippen molar-refractivity contribution in [2.75, 3.05) is 0 Å². The molecule has 4 saturated carbocycles. The van der Waals surface area contributed by atoms with Gasteiger partial charge < -0.3 is 9.84 Å². The molecule has 3 nitrogen and oxygen atoms in total. The molecule has 4 fully saturated rings. The van der Waals surface area contributed by atoms with Crippen molar-refractivity contribution >= 4 is 29.2 Å². The van der Waals surface area contributed by atoms with Crippen LogP contribution in [0.1, 0.15) is 44.1 Å². The van der Waals surface area contributed by atoms with Crippen LogP contribution in [0, 0.1) is 17.3 Å². The van der Waals surface area contributed by atoms with Gasteiger partial charge in [-0.25, -0.2) is 0 Å². The molecule has 124 valence electrons. The Balaban J connectivity index is 1.47. The molecule has 0 aromatic heterocycles. The van der Waals surface area contributed by atoms with Crippen molar-refractivity contribution in [3.63, 3.8) is 0 Å². The number of rotatable bonds is 3. The molecule has 5 heteroatoms. The van der Waals surface area contributed by atoms with Crippen LogP contribution < -0.4 is 0 Å².